The van der Waals surface area contributed by atoms with E-state index in [1.165, 1.54) is 25.1 Å². The van der Waals surface area contributed by atoms with Gasteiger partial charge in [-0.25, -0.2) is 8.42 Å². The molecule has 30 heavy (non-hydrogen) atoms. The van der Waals surface area contributed by atoms with Crippen LogP contribution in [0, 0.1) is 0 Å². The molecule has 1 heterocycles. The first-order valence-corrected chi connectivity index (χ1v) is 10.4. The molecule has 1 amide bonds. The molecule has 0 bridgehead atoms. The zero-order valence-corrected chi connectivity index (χ0v) is 16.5. The number of hydrogen-bond acceptors (Lipinski definition) is 5. The maximum absolute atomic E-state index is 12.8. The van der Waals surface area contributed by atoms with Gasteiger partial charge >= 0.3 is 6.18 Å². The third kappa shape index (κ3) is 4.82. The van der Waals surface area contributed by atoms with E-state index in [2.05, 4.69) is 15.5 Å². The average Bonchev–Trinajstić information content (AvgIpc) is 2.73. The Morgan fingerprint density at radius 1 is 1.00 bits per heavy atom. The van der Waals surface area contributed by atoms with Crippen LogP contribution < -0.4 is 5.32 Å². The Morgan fingerprint density at radius 2 is 1.73 bits per heavy atom. The number of nitrogens with zero attached hydrogens (tertiary/aromatic N) is 2. The summed E-state index contributed by atoms with van der Waals surface area (Å²) in [7, 11) is -3.48. The van der Waals surface area contributed by atoms with Crippen LogP contribution >= 0.6 is 0 Å². The predicted octanol–water partition coefficient (Wildman–Crippen LogP) is 4.21. The van der Waals surface area contributed by atoms with E-state index in [1.807, 2.05) is 0 Å². The lowest BCUT2D eigenvalue weighted by Crippen LogP contribution is -2.14. The van der Waals surface area contributed by atoms with Crippen LogP contribution in [0.4, 0.5) is 18.9 Å². The lowest BCUT2D eigenvalue weighted by molar-refractivity contribution is -0.137. The van der Waals surface area contributed by atoms with Crippen molar-refractivity contribution in [2.45, 2.75) is 18.1 Å². The number of sulfone groups is 1. The minimum Gasteiger partial charge on any atom is -0.322 e. The molecular weight excluding hydrogens is 419 g/mol. The average molecular weight is 435 g/mol. The summed E-state index contributed by atoms with van der Waals surface area (Å²) in [5, 5.41) is 10.1. The Labute approximate surface area is 170 Å². The van der Waals surface area contributed by atoms with E-state index < -0.39 is 27.5 Å². The van der Waals surface area contributed by atoms with Gasteiger partial charge in [0.05, 0.1) is 17.0 Å². The van der Waals surface area contributed by atoms with Gasteiger partial charge in [0.25, 0.3) is 5.91 Å². The predicted molar refractivity (Wildman–Crippen MR) is 105 cm³/mol. The van der Waals surface area contributed by atoms with Crippen molar-refractivity contribution in [3.05, 3.63) is 71.8 Å². The number of halogens is 3. The Bertz CT molecular complexity index is 1180. The first kappa shape index (κ1) is 21.4. The summed E-state index contributed by atoms with van der Waals surface area (Å²) in [4.78, 5) is 12.4. The van der Waals surface area contributed by atoms with Gasteiger partial charge in [-0.15, -0.1) is 10.2 Å². The molecule has 0 saturated carbocycles. The topological polar surface area (TPSA) is 89.0 Å². The highest BCUT2D eigenvalue weighted by atomic mass is 32.2. The summed E-state index contributed by atoms with van der Waals surface area (Å²) < 4.78 is 62.2. The number of alkyl halides is 3. The molecule has 1 aromatic heterocycles. The Hall–Kier alpha value is -3.27. The fourth-order valence-corrected chi connectivity index (χ4v) is 3.32. The van der Waals surface area contributed by atoms with Crippen LogP contribution in [0.2, 0.25) is 0 Å². The molecular formula is C20H16F3N3O3S. The third-order valence-electron chi connectivity index (χ3n) is 4.21. The lowest BCUT2D eigenvalue weighted by Gasteiger charge is -2.10. The van der Waals surface area contributed by atoms with Crippen molar-refractivity contribution in [3.63, 3.8) is 0 Å². The first-order chi connectivity index (χ1) is 14.1. The summed E-state index contributed by atoms with van der Waals surface area (Å²) in [5.74, 6) is -0.799. The van der Waals surface area contributed by atoms with Crippen molar-refractivity contribution in [2.24, 2.45) is 0 Å². The number of hydrogen-bond donors (Lipinski definition) is 1. The number of rotatable bonds is 5. The van der Waals surface area contributed by atoms with Crippen molar-refractivity contribution < 1.29 is 26.4 Å². The van der Waals surface area contributed by atoms with Gasteiger partial charge in [0.2, 0.25) is 0 Å². The van der Waals surface area contributed by atoms with Gasteiger partial charge in [-0.3, -0.25) is 4.79 Å². The maximum atomic E-state index is 12.8. The molecule has 0 aliphatic carbocycles. The lowest BCUT2D eigenvalue weighted by atomic mass is 10.1. The van der Waals surface area contributed by atoms with Gasteiger partial charge in [-0.1, -0.05) is 25.1 Å². The zero-order valence-electron chi connectivity index (χ0n) is 15.6. The summed E-state index contributed by atoms with van der Waals surface area (Å²) in [6.45, 7) is 1.50. The molecule has 3 aromatic rings. The monoisotopic (exact) mass is 435 g/mol. The van der Waals surface area contributed by atoms with E-state index in [0.717, 1.165) is 18.2 Å². The van der Waals surface area contributed by atoms with Crippen molar-refractivity contribution >= 4 is 21.4 Å². The Balaban J connectivity index is 1.82. The number of carbonyl (C=O) groups excluding carboxylic acids is 1. The molecule has 0 fully saturated rings. The van der Waals surface area contributed by atoms with Gasteiger partial charge in [0, 0.05) is 16.8 Å². The third-order valence-corrected chi connectivity index (χ3v) is 5.82. The molecule has 1 N–H and O–H groups in total. The fraction of sp³-hybridized carbons (Fsp3) is 0.150. The smallest absolute Gasteiger partial charge is 0.322 e. The van der Waals surface area contributed by atoms with Gasteiger partial charge in [0.1, 0.15) is 0 Å². The molecule has 156 valence electrons. The number of carbonyl (C=O) groups is 1. The zero-order chi connectivity index (χ0) is 21.9. The van der Waals surface area contributed by atoms with Crippen molar-refractivity contribution in [2.75, 3.05) is 11.1 Å². The molecule has 0 radical (unpaired) electrons. The molecule has 0 atom stereocenters. The van der Waals surface area contributed by atoms with Crippen molar-refractivity contribution in [1.29, 1.82) is 0 Å². The van der Waals surface area contributed by atoms with Gasteiger partial charge < -0.3 is 5.32 Å². The minimum atomic E-state index is -4.55. The number of nitrogens with one attached hydrogen (secondary N) is 1. The van der Waals surface area contributed by atoms with Gasteiger partial charge in [0.15, 0.2) is 14.9 Å². The molecule has 0 spiro atoms. The van der Waals surface area contributed by atoms with E-state index in [0.29, 0.717) is 16.9 Å². The Morgan fingerprint density at radius 3 is 2.37 bits per heavy atom. The van der Waals surface area contributed by atoms with Crippen LogP contribution in [0.25, 0.3) is 11.3 Å². The van der Waals surface area contributed by atoms with Crippen LogP contribution in [-0.2, 0) is 16.0 Å². The quantitative estimate of drug-likeness (QED) is 0.649. The van der Waals surface area contributed by atoms with Gasteiger partial charge in [-0.2, -0.15) is 13.2 Å². The van der Waals surface area contributed by atoms with E-state index in [-0.39, 0.29) is 16.3 Å². The summed E-state index contributed by atoms with van der Waals surface area (Å²) in [6, 6.07) is 13.4. The molecule has 3 rings (SSSR count). The van der Waals surface area contributed by atoms with Crippen molar-refractivity contribution in [1.82, 2.24) is 10.2 Å². The highest BCUT2D eigenvalue weighted by Crippen LogP contribution is 2.30. The molecule has 0 unspecified atom stereocenters. The highest BCUT2D eigenvalue weighted by Gasteiger charge is 2.30. The molecule has 10 heteroatoms. The maximum Gasteiger partial charge on any atom is 0.416 e. The minimum absolute atomic E-state index is 0.0991. The first-order valence-electron chi connectivity index (χ1n) is 8.75. The molecule has 6 nitrogen and oxygen atoms in total. The Kier molecular flexibility index (Phi) is 5.88. The van der Waals surface area contributed by atoms with E-state index >= 15 is 0 Å². The second kappa shape index (κ2) is 8.23. The molecule has 0 aliphatic rings. The fourth-order valence-electron chi connectivity index (χ4n) is 2.58. The molecule has 0 saturated heterocycles. The van der Waals surface area contributed by atoms with E-state index in [1.54, 1.807) is 24.3 Å². The highest BCUT2D eigenvalue weighted by molar-refractivity contribution is 7.91. The van der Waals surface area contributed by atoms with Gasteiger partial charge in [-0.05, 0) is 42.5 Å². The standard InChI is InChI=1S/C20H16F3N3O3S/c1-2-30(28,29)18-10-9-17(25-26-18)13-5-4-8-16(12-13)24-19(27)14-6-3-7-15(11-14)20(21,22)23/h3-12H,2H2,1H3,(H,24,27). The van der Waals surface area contributed by atoms with Crippen LogP contribution in [0.1, 0.15) is 22.8 Å². The normalized spacial score (nSPS) is 11.9. The summed E-state index contributed by atoms with van der Waals surface area (Å²) in [6.07, 6.45) is -4.55. The largest absolute Gasteiger partial charge is 0.416 e. The second-order valence-corrected chi connectivity index (χ2v) is 8.50. The number of anilines is 1. The summed E-state index contributed by atoms with van der Waals surface area (Å²) >= 11 is 0. The number of aromatic nitrogens is 2. The second-order valence-electron chi connectivity index (χ2n) is 6.27. The molecule has 2 aromatic carbocycles. The van der Waals surface area contributed by atoms with Crippen LogP contribution in [0.5, 0.6) is 0 Å². The van der Waals surface area contributed by atoms with E-state index in [4.69, 9.17) is 0 Å². The SMILES string of the molecule is CCS(=O)(=O)c1ccc(-c2cccc(NC(=O)c3cccc(C(F)(F)F)c3)c2)nn1. The number of amides is 1. The van der Waals surface area contributed by atoms with Crippen LogP contribution in [0.15, 0.2) is 65.7 Å². The van der Waals surface area contributed by atoms with Crippen LogP contribution in [0.3, 0.4) is 0 Å². The number of benzene rings is 2. The van der Waals surface area contributed by atoms with Crippen LogP contribution in [-0.4, -0.2) is 30.3 Å². The van der Waals surface area contributed by atoms with Crippen molar-refractivity contribution in [3.8, 4) is 11.3 Å². The van der Waals surface area contributed by atoms with E-state index in [9.17, 15) is 26.4 Å². The molecule has 0 aliphatic heterocycles. The summed E-state index contributed by atoms with van der Waals surface area (Å²) in [5.41, 5.74) is 0.206.